The number of nitrogens with one attached hydrogen (secondary N) is 1. The topological polar surface area (TPSA) is 66.4 Å². The van der Waals surface area contributed by atoms with Crippen molar-refractivity contribution in [3.8, 4) is 0 Å². The summed E-state index contributed by atoms with van der Waals surface area (Å²) in [5.74, 6) is -0.929. The number of benzene rings is 1. The Bertz CT molecular complexity index is 441. The van der Waals surface area contributed by atoms with Gasteiger partial charge in [0, 0.05) is 0 Å². The van der Waals surface area contributed by atoms with Crippen LogP contribution >= 0.6 is 0 Å². The summed E-state index contributed by atoms with van der Waals surface area (Å²) in [5.41, 5.74) is 4.11. The molecular formula is C13H17NO3. The van der Waals surface area contributed by atoms with E-state index >= 15 is 0 Å². The Morgan fingerprint density at radius 2 is 1.88 bits per heavy atom. The Kier molecular flexibility index (Phi) is 4.26. The Hall–Kier alpha value is -1.84. The minimum Gasteiger partial charge on any atom is -0.481 e. The summed E-state index contributed by atoms with van der Waals surface area (Å²) in [6.45, 7) is 5.89. The number of carbonyl (C=O) groups is 2. The normalized spacial score (nSPS) is 11.9. The first-order chi connectivity index (χ1) is 7.95. The number of carboxylic acids is 1. The lowest BCUT2D eigenvalue weighted by atomic mass is 9.94. The van der Waals surface area contributed by atoms with E-state index < -0.39 is 12.0 Å². The molecule has 0 aliphatic carbocycles. The van der Waals surface area contributed by atoms with Crippen molar-refractivity contribution in [1.82, 2.24) is 5.32 Å². The fourth-order valence-electron chi connectivity index (χ4n) is 1.87. The molecule has 2 N–H and O–H groups in total. The number of amides is 1. The second kappa shape index (κ2) is 5.48. The highest BCUT2D eigenvalue weighted by Crippen LogP contribution is 2.23. The monoisotopic (exact) mass is 235 g/mol. The zero-order valence-electron chi connectivity index (χ0n) is 10.3. The highest BCUT2D eigenvalue weighted by atomic mass is 16.4. The first kappa shape index (κ1) is 13.2. The van der Waals surface area contributed by atoms with Gasteiger partial charge in [-0.25, -0.2) is 0 Å². The molecule has 0 bridgehead atoms. The van der Waals surface area contributed by atoms with Crippen LogP contribution in [0.1, 0.15) is 34.7 Å². The minimum atomic E-state index is -0.929. The third kappa shape index (κ3) is 3.31. The van der Waals surface area contributed by atoms with Crippen molar-refractivity contribution in [3.05, 3.63) is 34.4 Å². The highest BCUT2D eigenvalue weighted by Gasteiger charge is 2.17. The summed E-state index contributed by atoms with van der Waals surface area (Å²) in [5, 5.41) is 11.4. The molecule has 17 heavy (non-hydrogen) atoms. The van der Waals surface area contributed by atoms with Crippen LogP contribution in [0.25, 0.3) is 0 Å². The minimum absolute atomic E-state index is 0.109. The fraction of sp³-hybridized carbons (Fsp3) is 0.385. The van der Waals surface area contributed by atoms with Gasteiger partial charge in [0.25, 0.3) is 0 Å². The molecule has 4 heteroatoms. The van der Waals surface area contributed by atoms with E-state index in [1.165, 1.54) is 0 Å². The van der Waals surface area contributed by atoms with E-state index in [4.69, 9.17) is 5.11 Å². The molecule has 0 saturated heterocycles. The molecule has 1 atom stereocenters. The molecule has 0 heterocycles. The molecule has 1 unspecified atom stereocenters. The predicted molar refractivity (Wildman–Crippen MR) is 64.8 cm³/mol. The van der Waals surface area contributed by atoms with Gasteiger partial charge < -0.3 is 10.4 Å². The number of hydrogen-bond acceptors (Lipinski definition) is 2. The lowest BCUT2D eigenvalue weighted by molar-refractivity contribution is -0.137. The van der Waals surface area contributed by atoms with Crippen LogP contribution < -0.4 is 5.32 Å². The Morgan fingerprint density at radius 1 is 1.29 bits per heavy atom. The molecule has 1 rings (SSSR count). The van der Waals surface area contributed by atoms with E-state index in [2.05, 4.69) is 5.32 Å². The zero-order chi connectivity index (χ0) is 13.0. The molecule has 0 aliphatic heterocycles. The van der Waals surface area contributed by atoms with E-state index in [1.54, 1.807) is 0 Å². The van der Waals surface area contributed by atoms with E-state index in [0.29, 0.717) is 6.41 Å². The zero-order valence-corrected chi connectivity index (χ0v) is 10.3. The van der Waals surface area contributed by atoms with Crippen LogP contribution in [-0.2, 0) is 9.59 Å². The van der Waals surface area contributed by atoms with E-state index in [9.17, 15) is 9.59 Å². The number of aliphatic carboxylic acids is 1. The van der Waals surface area contributed by atoms with Crippen LogP contribution in [0.4, 0.5) is 0 Å². The van der Waals surface area contributed by atoms with Crippen molar-refractivity contribution in [2.24, 2.45) is 0 Å². The van der Waals surface area contributed by atoms with Crippen LogP contribution in [0.3, 0.4) is 0 Å². The van der Waals surface area contributed by atoms with Gasteiger partial charge in [-0.05, 0) is 43.0 Å². The largest absolute Gasteiger partial charge is 0.481 e. The molecule has 0 saturated carbocycles. The maximum Gasteiger partial charge on any atom is 0.305 e. The summed E-state index contributed by atoms with van der Waals surface area (Å²) in [6, 6.07) is 3.48. The summed E-state index contributed by atoms with van der Waals surface area (Å²) >= 11 is 0. The van der Waals surface area contributed by atoms with Crippen molar-refractivity contribution in [1.29, 1.82) is 0 Å². The van der Waals surface area contributed by atoms with Crippen LogP contribution in [-0.4, -0.2) is 17.5 Å². The number of rotatable bonds is 5. The first-order valence-corrected chi connectivity index (χ1v) is 5.45. The Labute approximate surface area is 101 Å². The summed E-state index contributed by atoms with van der Waals surface area (Å²) < 4.78 is 0. The molecule has 1 amide bonds. The molecule has 4 nitrogen and oxygen atoms in total. The maximum atomic E-state index is 10.8. The third-order valence-electron chi connectivity index (χ3n) is 2.91. The van der Waals surface area contributed by atoms with Gasteiger partial charge in [0.15, 0.2) is 0 Å². The van der Waals surface area contributed by atoms with Gasteiger partial charge in [0.05, 0.1) is 12.5 Å². The molecule has 1 aromatic carbocycles. The average Bonchev–Trinajstić information content (AvgIpc) is 2.22. The molecule has 0 spiro atoms. The van der Waals surface area contributed by atoms with Crippen molar-refractivity contribution < 1.29 is 14.7 Å². The van der Waals surface area contributed by atoms with Crippen LogP contribution in [0.2, 0.25) is 0 Å². The maximum absolute atomic E-state index is 10.8. The van der Waals surface area contributed by atoms with Gasteiger partial charge >= 0.3 is 5.97 Å². The predicted octanol–water partition coefficient (Wildman–Crippen LogP) is 1.87. The number of carbonyl (C=O) groups excluding carboxylic acids is 1. The number of carboxylic acid groups (broad SMARTS) is 1. The average molecular weight is 235 g/mol. The number of aryl methyl sites for hydroxylation is 3. The SMILES string of the molecule is Cc1cc(C)c(C(CC(=O)O)NC=O)cc1C. The van der Waals surface area contributed by atoms with E-state index in [-0.39, 0.29) is 6.42 Å². The second-order valence-corrected chi connectivity index (χ2v) is 4.23. The molecular weight excluding hydrogens is 218 g/mol. The summed E-state index contributed by atoms with van der Waals surface area (Å²) in [7, 11) is 0. The standard InChI is InChI=1S/C13H17NO3/c1-8-4-10(3)11(5-9(8)2)12(14-7-15)6-13(16)17/h4-5,7,12H,6H2,1-3H3,(H,14,15)(H,16,17). The van der Waals surface area contributed by atoms with Crippen molar-refractivity contribution in [2.75, 3.05) is 0 Å². The van der Waals surface area contributed by atoms with Crippen molar-refractivity contribution >= 4 is 12.4 Å². The Balaban J connectivity index is 3.12. The van der Waals surface area contributed by atoms with E-state index in [1.807, 2.05) is 32.9 Å². The molecule has 0 radical (unpaired) electrons. The second-order valence-electron chi connectivity index (χ2n) is 4.23. The third-order valence-corrected chi connectivity index (χ3v) is 2.91. The quantitative estimate of drug-likeness (QED) is 0.766. The lowest BCUT2D eigenvalue weighted by Crippen LogP contribution is -2.23. The van der Waals surface area contributed by atoms with Crippen LogP contribution in [0.5, 0.6) is 0 Å². The Morgan fingerprint density at radius 3 is 2.41 bits per heavy atom. The summed E-state index contributed by atoms with van der Waals surface area (Å²) in [6.07, 6.45) is 0.435. The van der Waals surface area contributed by atoms with Crippen LogP contribution in [0, 0.1) is 20.8 Å². The fourth-order valence-corrected chi connectivity index (χ4v) is 1.87. The molecule has 92 valence electrons. The molecule has 0 aliphatic rings. The smallest absolute Gasteiger partial charge is 0.305 e. The lowest BCUT2D eigenvalue weighted by Gasteiger charge is -2.18. The molecule has 1 aromatic rings. The van der Waals surface area contributed by atoms with E-state index in [0.717, 1.165) is 22.3 Å². The van der Waals surface area contributed by atoms with Gasteiger partial charge in [-0.3, -0.25) is 9.59 Å². The first-order valence-electron chi connectivity index (χ1n) is 5.45. The molecule has 0 aromatic heterocycles. The summed E-state index contributed by atoms with van der Waals surface area (Å²) in [4.78, 5) is 21.3. The van der Waals surface area contributed by atoms with Gasteiger partial charge in [-0.1, -0.05) is 12.1 Å². The van der Waals surface area contributed by atoms with Gasteiger partial charge in [0.2, 0.25) is 6.41 Å². The van der Waals surface area contributed by atoms with Gasteiger partial charge in [-0.15, -0.1) is 0 Å². The van der Waals surface area contributed by atoms with Gasteiger partial charge in [-0.2, -0.15) is 0 Å². The highest BCUT2D eigenvalue weighted by molar-refractivity contribution is 5.69. The van der Waals surface area contributed by atoms with Crippen molar-refractivity contribution in [2.45, 2.75) is 33.2 Å². The van der Waals surface area contributed by atoms with Crippen LogP contribution in [0.15, 0.2) is 12.1 Å². The number of hydrogen-bond donors (Lipinski definition) is 2. The van der Waals surface area contributed by atoms with Crippen molar-refractivity contribution in [3.63, 3.8) is 0 Å². The van der Waals surface area contributed by atoms with Gasteiger partial charge in [0.1, 0.15) is 0 Å². The molecule has 0 fully saturated rings.